The fourth-order valence-corrected chi connectivity index (χ4v) is 3.32. The van der Waals surface area contributed by atoms with Crippen molar-refractivity contribution in [2.24, 2.45) is 5.73 Å². The van der Waals surface area contributed by atoms with Crippen molar-refractivity contribution >= 4 is 29.7 Å². The van der Waals surface area contributed by atoms with Gasteiger partial charge < -0.3 is 15.6 Å². The molecule has 1 saturated carbocycles. The molecular formula is C13H18ClN5O2S. The predicted octanol–water partition coefficient (Wildman–Crippen LogP) is 1.91. The number of carbonyl (C=O) groups excluding carboxylic acids is 1. The zero-order chi connectivity index (χ0) is 14.9. The van der Waals surface area contributed by atoms with Crippen molar-refractivity contribution in [3.8, 4) is 0 Å². The molecule has 0 unspecified atom stereocenters. The number of hydrogen-bond acceptors (Lipinski definition) is 7. The average Bonchev–Trinajstić information content (AvgIpc) is 3.18. The lowest BCUT2D eigenvalue weighted by Gasteiger charge is -2.26. The summed E-state index contributed by atoms with van der Waals surface area (Å²) in [5.74, 6) is 0.847. The van der Waals surface area contributed by atoms with Crippen LogP contribution in [-0.4, -0.2) is 21.0 Å². The molecule has 0 aliphatic heterocycles. The van der Waals surface area contributed by atoms with E-state index >= 15 is 0 Å². The fourth-order valence-electron chi connectivity index (χ4n) is 2.67. The largest absolute Gasteiger partial charge is 0.340 e. The van der Waals surface area contributed by atoms with Gasteiger partial charge in [0.05, 0.1) is 0 Å². The molecule has 2 aromatic heterocycles. The molecule has 22 heavy (non-hydrogen) atoms. The van der Waals surface area contributed by atoms with Gasteiger partial charge in [0.1, 0.15) is 16.2 Å². The van der Waals surface area contributed by atoms with Crippen molar-refractivity contribution in [2.45, 2.75) is 44.7 Å². The summed E-state index contributed by atoms with van der Waals surface area (Å²) in [5, 5.41) is 9.52. The van der Waals surface area contributed by atoms with Gasteiger partial charge in [0, 0.05) is 18.8 Å². The minimum atomic E-state index is -0.540. The van der Waals surface area contributed by atoms with Gasteiger partial charge in [-0.1, -0.05) is 18.0 Å². The molecule has 0 saturated heterocycles. The van der Waals surface area contributed by atoms with Crippen molar-refractivity contribution < 1.29 is 9.32 Å². The highest BCUT2D eigenvalue weighted by atomic mass is 35.5. The summed E-state index contributed by atoms with van der Waals surface area (Å²) in [6.07, 6.45) is 3.68. The maximum absolute atomic E-state index is 12.4. The number of carbonyl (C=O) groups is 1. The van der Waals surface area contributed by atoms with E-state index in [1.165, 1.54) is 11.3 Å². The van der Waals surface area contributed by atoms with Gasteiger partial charge in [-0.05, 0) is 12.8 Å². The lowest BCUT2D eigenvalue weighted by Crippen LogP contribution is -2.44. The number of rotatable bonds is 4. The standard InChI is InChI=1S/C13H17N5O2S.ClH/c1-8-15-12(18-20-8)13(4-2-3-5-13)17-11(19)9-7-21-10(6-14)16-9;/h7H,2-6,14H2,1H3,(H,17,19);1H. The zero-order valence-corrected chi connectivity index (χ0v) is 13.8. The molecule has 0 aromatic carbocycles. The smallest absolute Gasteiger partial charge is 0.271 e. The highest BCUT2D eigenvalue weighted by molar-refractivity contribution is 7.09. The van der Waals surface area contributed by atoms with Gasteiger partial charge in [-0.25, -0.2) is 4.98 Å². The summed E-state index contributed by atoms with van der Waals surface area (Å²) in [5.41, 5.74) is 5.39. The molecule has 0 spiro atoms. The lowest BCUT2D eigenvalue weighted by atomic mass is 9.96. The van der Waals surface area contributed by atoms with E-state index in [-0.39, 0.29) is 18.3 Å². The second-order valence-electron chi connectivity index (χ2n) is 5.21. The zero-order valence-electron chi connectivity index (χ0n) is 12.2. The fraction of sp³-hybridized carbons (Fsp3) is 0.538. The first-order chi connectivity index (χ1) is 10.1. The Morgan fingerprint density at radius 1 is 1.45 bits per heavy atom. The number of amides is 1. The van der Waals surface area contributed by atoms with E-state index in [1.54, 1.807) is 12.3 Å². The Hall–Kier alpha value is -1.51. The van der Waals surface area contributed by atoms with Crippen molar-refractivity contribution in [1.29, 1.82) is 0 Å². The summed E-state index contributed by atoms with van der Waals surface area (Å²) in [6, 6.07) is 0. The molecule has 2 heterocycles. The summed E-state index contributed by atoms with van der Waals surface area (Å²) in [7, 11) is 0. The van der Waals surface area contributed by atoms with E-state index in [0.29, 0.717) is 24.0 Å². The van der Waals surface area contributed by atoms with Crippen molar-refractivity contribution in [3.63, 3.8) is 0 Å². The summed E-state index contributed by atoms with van der Waals surface area (Å²) >= 11 is 1.39. The quantitative estimate of drug-likeness (QED) is 0.878. The van der Waals surface area contributed by atoms with Crippen molar-refractivity contribution in [2.75, 3.05) is 0 Å². The average molecular weight is 344 g/mol. The molecule has 3 N–H and O–H groups in total. The van der Waals surface area contributed by atoms with Crippen LogP contribution in [0.1, 0.15) is 52.9 Å². The number of nitrogens with zero attached hydrogens (tertiary/aromatic N) is 3. The van der Waals surface area contributed by atoms with Crippen LogP contribution in [-0.2, 0) is 12.1 Å². The van der Waals surface area contributed by atoms with E-state index in [0.717, 1.165) is 30.7 Å². The van der Waals surface area contributed by atoms with Gasteiger partial charge in [0.25, 0.3) is 5.91 Å². The maximum Gasteiger partial charge on any atom is 0.271 e. The van der Waals surface area contributed by atoms with Gasteiger partial charge in [0.2, 0.25) is 5.89 Å². The van der Waals surface area contributed by atoms with Crippen LogP contribution in [0.15, 0.2) is 9.90 Å². The molecule has 9 heteroatoms. The lowest BCUT2D eigenvalue weighted by molar-refractivity contribution is 0.0887. The second kappa shape index (κ2) is 6.72. The van der Waals surface area contributed by atoms with E-state index < -0.39 is 5.54 Å². The molecule has 1 aliphatic rings. The van der Waals surface area contributed by atoms with Gasteiger partial charge in [-0.3, -0.25) is 4.79 Å². The van der Waals surface area contributed by atoms with Gasteiger partial charge in [-0.2, -0.15) is 4.98 Å². The van der Waals surface area contributed by atoms with Crippen LogP contribution in [0.5, 0.6) is 0 Å². The molecule has 7 nitrogen and oxygen atoms in total. The highest BCUT2D eigenvalue weighted by Crippen LogP contribution is 2.37. The molecule has 120 valence electrons. The Labute approximate surface area is 138 Å². The van der Waals surface area contributed by atoms with Gasteiger partial charge in [-0.15, -0.1) is 23.7 Å². The molecule has 0 atom stereocenters. The van der Waals surface area contributed by atoms with Crippen LogP contribution in [0.4, 0.5) is 0 Å². The third-order valence-electron chi connectivity index (χ3n) is 3.72. The highest BCUT2D eigenvalue weighted by Gasteiger charge is 2.41. The van der Waals surface area contributed by atoms with E-state index in [4.69, 9.17) is 10.3 Å². The minimum absolute atomic E-state index is 0. The topological polar surface area (TPSA) is 107 Å². The van der Waals surface area contributed by atoms with E-state index in [2.05, 4.69) is 20.4 Å². The number of nitrogens with two attached hydrogens (primary N) is 1. The third-order valence-corrected chi connectivity index (χ3v) is 4.60. The number of nitrogens with one attached hydrogen (secondary N) is 1. The van der Waals surface area contributed by atoms with Crippen molar-refractivity contribution in [3.05, 3.63) is 27.8 Å². The molecule has 1 fully saturated rings. The van der Waals surface area contributed by atoms with Crippen LogP contribution < -0.4 is 11.1 Å². The molecule has 1 amide bonds. The maximum atomic E-state index is 12.4. The Kier molecular flexibility index (Phi) is 5.15. The summed E-state index contributed by atoms with van der Waals surface area (Å²) < 4.78 is 5.07. The van der Waals surface area contributed by atoms with Crippen LogP contribution >= 0.6 is 23.7 Å². The van der Waals surface area contributed by atoms with Gasteiger partial charge in [0.15, 0.2) is 5.82 Å². The number of halogens is 1. The first-order valence-corrected chi connectivity index (χ1v) is 7.79. The summed E-state index contributed by atoms with van der Waals surface area (Å²) in [4.78, 5) is 20.9. The van der Waals surface area contributed by atoms with E-state index in [9.17, 15) is 4.79 Å². The second-order valence-corrected chi connectivity index (χ2v) is 6.15. The first kappa shape index (κ1) is 16.9. The summed E-state index contributed by atoms with van der Waals surface area (Å²) in [6.45, 7) is 2.09. The molecule has 0 radical (unpaired) electrons. The molecule has 1 aliphatic carbocycles. The number of aryl methyl sites for hydroxylation is 1. The Morgan fingerprint density at radius 3 is 2.73 bits per heavy atom. The SMILES string of the molecule is Cc1nc(C2(NC(=O)c3csc(CN)n3)CCCC2)no1.Cl. The van der Waals surface area contributed by atoms with Gasteiger partial charge >= 0.3 is 0 Å². The number of thiazole rings is 1. The van der Waals surface area contributed by atoms with Crippen molar-refractivity contribution in [1.82, 2.24) is 20.4 Å². The molecule has 0 bridgehead atoms. The normalized spacial score (nSPS) is 16.3. The Balaban J connectivity index is 0.00000176. The van der Waals surface area contributed by atoms with E-state index in [1.807, 2.05) is 0 Å². The number of hydrogen-bond donors (Lipinski definition) is 2. The van der Waals surface area contributed by atoms with Crippen LogP contribution in [0, 0.1) is 6.92 Å². The number of aromatic nitrogens is 3. The van der Waals surface area contributed by atoms with Crippen LogP contribution in [0.3, 0.4) is 0 Å². The van der Waals surface area contributed by atoms with Crippen LogP contribution in [0.25, 0.3) is 0 Å². The van der Waals surface area contributed by atoms with Crippen LogP contribution in [0.2, 0.25) is 0 Å². The third kappa shape index (κ3) is 3.13. The molecular weight excluding hydrogens is 326 g/mol. The minimum Gasteiger partial charge on any atom is -0.340 e. The predicted molar refractivity (Wildman–Crippen MR) is 83.9 cm³/mol. The molecule has 2 aromatic rings. The first-order valence-electron chi connectivity index (χ1n) is 6.91. The monoisotopic (exact) mass is 343 g/mol. The Morgan fingerprint density at radius 2 is 2.18 bits per heavy atom. The Bertz CT molecular complexity index is 650. The molecule has 3 rings (SSSR count).